The van der Waals surface area contributed by atoms with Crippen LogP contribution in [-0.2, 0) is 25.5 Å². The first-order chi connectivity index (χ1) is 9.51. The summed E-state index contributed by atoms with van der Waals surface area (Å²) in [6.07, 6.45) is 0.348. The number of thiazole rings is 1. The van der Waals surface area contributed by atoms with Gasteiger partial charge in [-0.2, -0.15) is 11.8 Å². The number of esters is 1. The molecule has 0 aliphatic heterocycles. The molecular formula is C11H15N3O4S2. The Balaban J connectivity index is 2.31. The number of nitrogens with one attached hydrogen (secondary N) is 1. The molecule has 9 heteroatoms. The minimum Gasteiger partial charge on any atom is -0.469 e. The van der Waals surface area contributed by atoms with Crippen LogP contribution in [-0.4, -0.2) is 41.4 Å². The molecular weight excluding hydrogens is 302 g/mol. The number of hydrogen-bond donors (Lipinski definition) is 2. The fourth-order valence-corrected chi connectivity index (χ4v) is 2.59. The van der Waals surface area contributed by atoms with E-state index < -0.39 is 5.91 Å². The van der Waals surface area contributed by atoms with E-state index in [1.165, 1.54) is 30.2 Å². The van der Waals surface area contributed by atoms with Gasteiger partial charge in [-0.1, -0.05) is 0 Å². The lowest BCUT2D eigenvalue weighted by Gasteiger charge is -2.01. The number of amides is 2. The highest BCUT2D eigenvalue weighted by Gasteiger charge is 2.10. The Kier molecular flexibility index (Phi) is 7.02. The van der Waals surface area contributed by atoms with Crippen LogP contribution in [0.15, 0.2) is 5.38 Å². The first-order valence-electron chi connectivity index (χ1n) is 5.68. The van der Waals surface area contributed by atoms with Gasteiger partial charge in [-0.25, -0.2) is 4.98 Å². The first kappa shape index (κ1) is 16.4. The number of hydrogen-bond acceptors (Lipinski definition) is 7. The predicted octanol–water partition coefficient (Wildman–Crippen LogP) is 0.406. The van der Waals surface area contributed by atoms with E-state index in [0.29, 0.717) is 16.6 Å². The molecule has 0 saturated heterocycles. The number of aromatic nitrogens is 1. The van der Waals surface area contributed by atoms with Crippen LogP contribution < -0.4 is 11.1 Å². The molecule has 0 aliphatic carbocycles. The molecule has 110 valence electrons. The molecule has 0 saturated carbocycles. The molecule has 7 nitrogen and oxygen atoms in total. The van der Waals surface area contributed by atoms with E-state index in [2.05, 4.69) is 15.0 Å². The fraction of sp³-hybridized carbons (Fsp3) is 0.455. The highest BCUT2D eigenvalue weighted by Crippen LogP contribution is 2.16. The van der Waals surface area contributed by atoms with Crippen LogP contribution in [0.25, 0.3) is 0 Å². The van der Waals surface area contributed by atoms with E-state index in [0.717, 1.165) is 0 Å². The van der Waals surface area contributed by atoms with Gasteiger partial charge in [-0.05, 0) is 0 Å². The number of rotatable bonds is 8. The Morgan fingerprint density at radius 3 is 2.90 bits per heavy atom. The number of primary amides is 1. The van der Waals surface area contributed by atoms with Crippen LogP contribution in [0.4, 0.5) is 5.13 Å². The van der Waals surface area contributed by atoms with E-state index in [4.69, 9.17) is 5.73 Å². The molecule has 0 bridgehead atoms. The third kappa shape index (κ3) is 6.53. The molecule has 20 heavy (non-hydrogen) atoms. The number of carbonyl (C=O) groups excluding carboxylic acids is 3. The Morgan fingerprint density at radius 2 is 2.25 bits per heavy atom. The zero-order chi connectivity index (χ0) is 15.0. The molecule has 0 aromatic carbocycles. The van der Waals surface area contributed by atoms with Crippen LogP contribution in [0.3, 0.4) is 0 Å². The van der Waals surface area contributed by atoms with Crippen LogP contribution in [0, 0.1) is 0 Å². The number of ether oxygens (including phenoxy) is 1. The van der Waals surface area contributed by atoms with Crippen molar-refractivity contribution in [2.45, 2.75) is 12.8 Å². The summed E-state index contributed by atoms with van der Waals surface area (Å²) in [4.78, 5) is 37.2. The van der Waals surface area contributed by atoms with Crippen LogP contribution in [0.2, 0.25) is 0 Å². The predicted molar refractivity (Wildman–Crippen MR) is 77.6 cm³/mol. The van der Waals surface area contributed by atoms with Gasteiger partial charge in [-0.15, -0.1) is 11.3 Å². The summed E-state index contributed by atoms with van der Waals surface area (Å²) in [5.74, 6) is -0.261. The minimum absolute atomic E-state index is 0.0807. The van der Waals surface area contributed by atoms with Gasteiger partial charge in [-0.3, -0.25) is 14.4 Å². The molecule has 1 heterocycles. The summed E-state index contributed by atoms with van der Waals surface area (Å²) in [5, 5.41) is 4.76. The number of thioether (sulfide) groups is 1. The van der Waals surface area contributed by atoms with Crippen LogP contribution in [0.5, 0.6) is 0 Å². The molecule has 3 N–H and O–H groups in total. The van der Waals surface area contributed by atoms with Crippen molar-refractivity contribution in [1.29, 1.82) is 0 Å². The second kappa shape index (κ2) is 8.54. The van der Waals surface area contributed by atoms with E-state index in [9.17, 15) is 14.4 Å². The zero-order valence-corrected chi connectivity index (χ0v) is 12.5. The lowest BCUT2D eigenvalue weighted by molar-refractivity contribution is -0.139. The maximum absolute atomic E-state index is 11.6. The van der Waals surface area contributed by atoms with Crippen molar-refractivity contribution in [3.63, 3.8) is 0 Å². The first-order valence-corrected chi connectivity index (χ1v) is 7.72. The second-order valence-electron chi connectivity index (χ2n) is 3.71. The van der Waals surface area contributed by atoms with Crippen molar-refractivity contribution in [3.8, 4) is 0 Å². The molecule has 1 rings (SSSR count). The van der Waals surface area contributed by atoms with Gasteiger partial charge in [0.05, 0.1) is 25.0 Å². The van der Waals surface area contributed by atoms with Crippen molar-refractivity contribution < 1.29 is 19.1 Å². The van der Waals surface area contributed by atoms with Gasteiger partial charge in [0.25, 0.3) is 0 Å². The Labute approximate surface area is 124 Å². The Morgan fingerprint density at radius 1 is 1.50 bits per heavy atom. The molecule has 0 radical (unpaired) electrons. The van der Waals surface area contributed by atoms with E-state index in [1.54, 1.807) is 5.38 Å². The quantitative estimate of drug-likeness (QED) is 0.530. The van der Waals surface area contributed by atoms with Gasteiger partial charge >= 0.3 is 5.97 Å². The molecule has 1 aromatic heterocycles. The highest BCUT2D eigenvalue weighted by molar-refractivity contribution is 7.99. The van der Waals surface area contributed by atoms with Gasteiger partial charge < -0.3 is 15.8 Å². The Bertz CT molecular complexity index is 490. The fourth-order valence-electron chi connectivity index (χ4n) is 1.19. The molecule has 1 aromatic rings. The Hall–Kier alpha value is -1.61. The normalized spacial score (nSPS) is 10.1. The van der Waals surface area contributed by atoms with Crippen molar-refractivity contribution >= 4 is 46.0 Å². The molecule has 0 unspecified atom stereocenters. The number of anilines is 1. The third-order valence-corrected chi connectivity index (χ3v) is 3.86. The molecule has 0 spiro atoms. The van der Waals surface area contributed by atoms with Gasteiger partial charge in [0.2, 0.25) is 11.8 Å². The number of nitrogens with two attached hydrogens (primary N) is 1. The minimum atomic E-state index is -0.400. The summed E-state index contributed by atoms with van der Waals surface area (Å²) in [7, 11) is 1.31. The topological polar surface area (TPSA) is 111 Å². The van der Waals surface area contributed by atoms with Crippen molar-refractivity contribution in [1.82, 2.24) is 4.98 Å². The summed E-state index contributed by atoms with van der Waals surface area (Å²) < 4.78 is 4.53. The van der Waals surface area contributed by atoms with Gasteiger partial charge in [0, 0.05) is 17.6 Å². The molecule has 0 aliphatic rings. The van der Waals surface area contributed by atoms with Crippen LogP contribution >= 0.6 is 23.1 Å². The standard InChI is InChI=1S/C11H15N3O4S2/c1-18-10(17)4-7-5-20-11(13-7)14-9(16)2-3-19-6-8(12)15/h5H,2-4,6H2,1H3,(H2,12,15)(H,13,14,16). The van der Waals surface area contributed by atoms with Crippen LogP contribution in [0.1, 0.15) is 12.1 Å². The summed E-state index contributed by atoms with van der Waals surface area (Å²) in [5.41, 5.74) is 5.54. The summed E-state index contributed by atoms with van der Waals surface area (Å²) >= 11 is 2.55. The lowest BCUT2D eigenvalue weighted by atomic mass is 10.3. The second-order valence-corrected chi connectivity index (χ2v) is 5.68. The summed E-state index contributed by atoms with van der Waals surface area (Å²) in [6, 6.07) is 0. The SMILES string of the molecule is COC(=O)Cc1csc(NC(=O)CCSCC(N)=O)n1. The van der Waals surface area contributed by atoms with Crippen molar-refractivity contribution in [2.24, 2.45) is 5.73 Å². The maximum Gasteiger partial charge on any atom is 0.311 e. The smallest absolute Gasteiger partial charge is 0.311 e. The molecule has 0 fully saturated rings. The van der Waals surface area contributed by atoms with E-state index >= 15 is 0 Å². The number of methoxy groups -OCH3 is 1. The number of nitrogens with zero attached hydrogens (tertiary/aromatic N) is 1. The van der Waals surface area contributed by atoms with Crippen molar-refractivity contribution in [3.05, 3.63) is 11.1 Å². The molecule has 2 amide bonds. The average molecular weight is 317 g/mol. The van der Waals surface area contributed by atoms with Gasteiger partial charge in [0.1, 0.15) is 0 Å². The highest BCUT2D eigenvalue weighted by atomic mass is 32.2. The summed E-state index contributed by atoms with van der Waals surface area (Å²) in [6.45, 7) is 0. The largest absolute Gasteiger partial charge is 0.469 e. The number of carbonyl (C=O) groups is 3. The molecule has 0 atom stereocenters. The average Bonchev–Trinajstić information content (AvgIpc) is 2.81. The third-order valence-electron chi connectivity index (χ3n) is 2.07. The van der Waals surface area contributed by atoms with Gasteiger partial charge in [0.15, 0.2) is 5.13 Å². The van der Waals surface area contributed by atoms with E-state index in [1.807, 2.05) is 0 Å². The lowest BCUT2D eigenvalue weighted by Crippen LogP contribution is -2.15. The van der Waals surface area contributed by atoms with Crippen molar-refractivity contribution in [2.75, 3.05) is 23.9 Å². The maximum atomic E-state index is 11.6. The van der Waals surface area contributed by atoms with E-state index in [-0.39, 0.29) is 30.5 Å². The zero-order valence-electron chi connectivity index (χ0n) is 10.9. The monoisotopic (exact) mass is 317 g/mol.